The van der Waals surface area contributed by atoms with Crippen LogP contribution in [0.15, 0.2) is 18.2 Å². The zero-order valence-corrected chi connectivity index (χ0v) is 16.0. The lowest BCUT2D eigenvalue weighted by molar-refractivity contribution is -0.118. The molecule has 0 radical (unpaired) electrons. The lowest BCUT2D eigenvalue weighted by atomic mass is 9.88. The van der Waals surface area contributed by atoms with Crippen LogP contribution in [0.1, 0.15) is 45.3 Å². The molecule has 1 aromatic carbocycles. The van der Waals surface area contributed by atoms with Gasteiger partial charge in [-0.25, -0.2) is 4.79 Å². The zero-order chi connectivity index (χ0) is 18.8. The van der Waals surface area contributed by atoms with Crippen molar-refractivity contribution in [3.8, 4) is 5.75 Å². The van der Waals surface area contributed by atoms with Crippen LogP contribution in [-0.4, -0.2) is 23.6 Å². The molecule has 138 valence electrons. The number of thiophene rings is 1. The number of aromatic carboxylic acids is 1. The Labute approximate surface area is 157 Å². The van der Waals surface area contributed by atoms with Crippen molar-refractivity contribution < 1.29 is 19.4 Å². The van der Waals surface area contributed by atoms with Gasteiger partial charge in [0.15, 0.2) is 6.61 Å². The minimum absolute atomic E-state index is 0.150. The molecule has 0 fully saturated rings. The maximum absolute atomic E-state index is 12.3. The Bertz CT molecular complexity index is 856. The summed E-state index contributed by atoms with van der Waals surface area (Å²) in [6.07, 6.45) is 2.60. The first-order chi connectivity index (χ1) is 12.3. The summed E-state index contributed by atoms with van der Waals surface area (Å²) in [6, 6.07) is 5.81. The predicted octanol–water partition coefficient (Wildman–Crippen LogP) is 4.21. The van der Waals surface area contributed by atoms with Crippen molar-refractivity contribution in [2.45, 2.75) is 40.0 Å². The summed E-state index contributed by atoms with van der Waals surface area (Å²) in [5.41, 5.74) is 3.14. The molecule has 2 aromatic rings. The first-order valence-corrected chi connectivity index (χ1v) is 9.54. The Morgan fingerprint density at radius 2 is 2.12 bits per heavy atom. The van der Waals surface area contributed by atoms with E-state index in [9.17, 15) is 14.7 Å². The molecule has 1 atom stereocenters. The van der Waals surface area contributed by atoms with Gasteiger partial charge in [-0.15, -0.1) is 11.3 Å². The van der Waals surface area contributed by atoms with E-state index in [0.29, 0.717) is 16.7 Å². The number of fused-ring (bicyclic) bond motifs is 1. The molecule has 26 heavy (non-hydrogen) atoms. The standard InChI is InChI=1S/C20H23NO4S/c1-11-4-6-13(3)15(8-11)25-10-17(22)21-19-18(20(23)24)14-7-5-12(2)9-16(14)26-19/h4,6,8,12H,5,7,9-10H2,1-3H3,(H,21,22)(H,23,24). The number of carbonyl (C=O) groups is 2. The number of benzene rings is 1. The molecule has 1 aliphatic rings. The van der Waals surface area contributed by atoms with Crippen LogP contribution < -0.4 is 10.1 Å². The number of amides is 1. The Hall–Kier alpha value is -2.34. The number of carboxylic acid groups (broad SMARTS) is 1. The summed E-state index contributed by atoms with van der Waals surface area (Å²) in [4.78, 5) is 25.1. The maximum atomic E-state index is 12.3. The summed E-state index contributed by atoms with van der Waals surface area (Å²) in [6.45, 7) is 5.90. The second-order valence-corrected chi connectivity index (χ2v) is 8.07. The molecule has 0 saturated carbocycles. The Morgan fingerprint density at radius 3 is 2.85 bits per heavy atom. The number of nitrogens with one attached hydrogen (secondary N) is 1. The van der Waals surface area contributed by atoms with Crippen molar-refractivity contribution in [2.24, 2.45) is 5.92 Å². The smallest absolute Gasteiger partial charge is 0.339 e. The fraction of sp³-hybridized carbons (Fsp3) is 0.400. The quantitative estimate of drug-likeness (QED) is 0.823. The van der Waals surface area contributed by atoms with Crippen molar-refractivity contribution in [3.05, 3.63) is 45.3 Å². The van der Waals surface area contributed by atoms with Gasteiger partial charge >= 0.3 is 5.97 Å². The number of aryl methyl sites for hydroxylation is 2. The first kappa shape index (κ1) is 18.5. The highest BCUT2D eigenvalue weighted by Crippen LogP contribution is 2.39. The van der Waals surface area contributed by atoms with E-state index in [0.717, 1.165) is 40.8 Å². The van der Waals surface area contributed by atoms with Gasteiger partial charge in [0.2, 0.25) is 0 Å². The number of hydrogen-bond acceptors (Lipinski definition) is 4. The van der Waals surface area contributed by atoms with Gasteiger partial charge < -0.3 is 15.2 Å². The van der Waals surface area contributed by atoms with Gasteiger partial charge in [-0.3, -0.25) is 4.79 Å². The zero-order valence-electron chi connectivity index (χ0n) is 15.2. The number of rotatable bonds is 5. The van der Waals surface area contributed by atoms with Crippen LogP contribution in [-0.2, 0) is 17.6 Å². The van der Waals surface area contributed by atoms with Gasteiger partial charge in [0.25, 0.3) is 5.91 Å². The van der Waals surface area contributed by atoms with Crippen molar-refractivity contribution in [3.63, 3.8) is 0 Å². The van der Waals surface area contributed by atoms with Crippen LogP contribution in [0.25, 0.3) is 0 Å². The molecule has 0 bridgehead atoms. The summed E-state index contributed by atoms with van der Waals surface area (Å²) in [5.74, 6) is -0.125. The summed E-state index contributed by atoms with van der Waals surface area (Å²) < 4.78 is 5.62. The van der Waals surface area contributed by atoms with Gasteiger partial charge in [-0.1, -0.05) is 19.1 Å². The van der Waals surface area contributed by atoms with E-state index >= 15 is 0 Å². The average Bonchev–Trinajstić information content (AvgIpc) is 2.92. The molecular weight excluding hydrogens is 350 g/mol. The minimum Gasteiger partial charge on any atom is -0.483 e. The lowest BCUT2D eigenvalue weighted by Crippen LogP contribution is -2.21. The highest BCUT2D eigenvalue weighted by atomic mass is 32.1. The van der Waals surface area contributed by atoms with Crippen LogP contribution in [0.2, 0.25) is 0 Å². The van der Waals surface area contributed by atoms with Crippen LogP contribution >= 0.6 is 11.3 Å². The summed E-state index contributed by atoms with van der Waals surface area (Å²) in [7, 11) is 0. The minimum atomic E-state index is -0.984. The molecule has 2 N–H and O–H groups in total. The second-order valence-electron chi connectivity index (χ2n) is 6.97. The third kappa shape index (κ3) is 3.90. The van der Waals surface area contributed by atoms with Crippen LogP contribution in [0.4, 0.5) is 5.00 Å². The first-order valence-electron chi connectivity index (χ1n) is 8.73. The molecule has 5 nitrogen and oxygen atoms in total. The molecule has 3 rings (SSSR count). The number of ether oxygens (including phenoxy) is 1. The van der Waals surface area contributed by atoms with Crippen molar-refractivity contribution >= 4 is 28.2 Å². The molecule has 1 heterocycles. The number of hydrogen-bond donors (Lipinski definition) is 2. The lowest BCUT2D eigenvalue weighted by Gasteiger charge is -2.17. The van der Waals surface area contributed by atoms with Crippen LogP contribution in [0.5, 0.6) is 5.75 Å². The van der Waals surface area contributed by atoms with Gasteiger partial charge in [0, 0.05) is 4.88 Å². The molecule has 1 aromatic heterocycles. The number of anilines is 1. The van der Waals surface area contributed by atoms with Gasteiger partial charge in [0.05, 0.1) is 5.56 Å². The number of carboxylic acids is 1. The highest BCUT2D eigenvalue weighted by molar-refractivity contribution is 7.17. The summed E-state index contributed by atoms with van der Waals surface area (Å²) >= 11 is 1.38. The van der Waals surface area contributed by atoms with E-state index in [1.807, 2.05) is 32.0 Å². The normalized spacial score (nSPS) is 16.0. The molecule has 1 aliphatic carbocycles. The molecule has 1 unspecified atom stereocenters. The van der Waals surface area contributed by atoms with Crippen molar-refractivity contribution in [1.82, 2.24) is 0 Å². The largest absolute Gasteiger partial charge is 0.483 e. The van der Waals surface area contributed by atoms with Crippen LogP contribution in [0.3, 0.4) is 0 Å². The van der Waals surface area contributed by atoms with E-state index in [2.05, 4.69) is 12.2 Å². The fourth-order valence-corrected chi connectivity index (χ4v) is 4.65. The Morgan fingerprint density at radius 1 is 1.35 bits per heavy atom. The third-order valence-corrected chi connectivity index (χ3v) is 5.85. The van der Waals surface area contributed by atoms with E-state index < -0.39 is 5.97 Å². The van der Waals surface area contributed by atoms with Gasteiger partial charge in [-0.05, 0) is 61.8 Å². The van der Waals surface area contributed by atoms with Gasteiger partial charge in [0.1, 0.15) is 10.8 Å². The molecule has 1 amide bonds. The average molecular weight is 373 g/mol. The monoisotopic (exact) mass is 373 g/mol. The van der Waals surface area contributed by atoms with Crippen molar-refractivity contribution in [1.29, 1.82) is 0 Å². The molecule has 0 aliphatic heterocycles. The van der Waals surface area contributed by atoms with Gasteiger partial charge in [-0.2, -0.15) is 0 Å². The SMILES string of the molecule is Cc1ccc(C)c(OCC(=O)Nc2sc3c(c2C(=O)O)CCC(C)C3)c1. The Kier molecular flexibility index (Phi) is 5.32. The number of carbonyl (C=O) groups excluding carboxylic acids is 1. The highest BCUT2D eigenvalue weighted by Gasteiger charge is 2.28. The van der Waals surface area contributed by atoms with Crippen LogP contribution in [0, 0.1) is 19.8 Å². The molecule has 6 heteroatoms. The Balaban J connectivity index is 1.73. The van der Waals surface area contributed by atoms with E-state index in [4.69, 9.17) is 4.74 Å². The maximum Gasteiger partial charge on any atom is 0.339 e. The fourth-order valence-electron chi connectivity index (χ4n) is 3.23. The topological polar surface area (TPSA) is 75.6 Å². The van der Waals surface area contributed by atoms with E-state index in [-0.39, 0.29) is 18.1 Å². The molecule has 0 saturated heterocycles. The summed E-state index contributed by atoms with van der Waals surface area (Å²) in [5, 5.41) is 12.8. The second kappa shape index (κ2) is 7.50. The molecule has 0 spiro atoms. The molecular formula is C20H23NO4S. The van der Waals surface area contributed by atoms with Crippen molar-refractivity contribution in [2.75, 3.05) is 11.9 Å². The van der Waals surface area contributed by atoms with E-state index in [1.165, 1.54) is 11.3 Å². The third-order valence-electron chi connectivity index (χ3n) is 4.68. The van der Waals surface area contributed by atoms with E-state index in [1.54, 1.807) is 0 Å². The predicted molar refractivity (Wildman–Crippen MR) is 103 cm³/mol.